The highest BCUT2D eigenvalue weighted by Crippen LogP contribution is 2.28. The van der Waals surface area contributed by atoms with Crippen LogP contribution in [0.4, 0.5) is 0 Å². The molecule has 1 aromatic rings. The molecule has 0 saturated heterocycles. The number of carbonyl (C=O) groups is 1. The number of aromatic nitrogens is 2. The molecule has 0 radical (unpaired) electrons. The molecule has 0 bridgehead atoms. The maximum Gasteiger partial charge on any atom is 0.340 e. The second-order valence-corrected chi connectivity index (χ2v) is 4.90. The molecule has 1 N–H and O–H groups in total. The zero-order valence-electron chi connectivity index (χ0n) is 10.6. The zero-order valence-corrected chi connectivity index (χ0v) is 11.4. The fourth-order valence-corrected chi connectivity index (χ4v) is 2.43. The number of carboxylic acids is 1. The summed E-state index contributed by atoms with van der Waals surface area (Å²) in [6.45, 7) is 5.45. The minimum atomic E-state index is -1.05. The van der Waals surface area contributed by atoms with Gasteiger partial charge in [0.05, 0.1) is 17.0 Å². The van der Waals surface area contributed by atoms with E-state index in [0.717, 1.165) is 0 Å². The number of aromatic carboxylic acids is 1. The Bertz CT molecular complexity index is 497. The monoisotopic (exact) mass is 265 g/mol. The van der Waals surface area contributed by atoms with Gasteiger partial charge in [-0.1, -0.05) is 25.6 Å². The van der Waals surface area contributed by atoms with Gasteiger partial charge in [-0.25, -0.2) is 14.8 Å². The van der Waals surface area contributed by atoms with E-state index in [1.807, 2.05) is 13.8 Å². The Hall–Kier alpha value is -1.61. The van der Waals surface area contributed by atoms with Crippen LogP contribution in [0.25, 0.3) is 0 Å². The van der Waals surface area contributed by atoms with E-state index in [2.05, 4.69) is 16.0 Å². The highest BCUT2D eigenvalue weighted by molar-refractivity contribution is 8.00. The van der Waals surface area contributed by atoms with Gasteiger partial charge in [0.15, 0.2) is 0 Å². The number of rotatable bonds is 5. The van der Waals surface area contributed by atoms with Gasteiger partial charge in [-0.3, -0.25) is 0 Å². The number of aryl methyl sites for hydroxylation is 2. The first kappa shape index (κ1) is 14.5. The molecule has 0 amide bonds. The molecule has 1 aromatic heterocycles. The van der Waals surface area contributed by atoms with Crippen LogP contribution in [-0.2, 0) is 6.42 Å². The lowest BCUT2D eigenvalue weighted by atomic mass is 10.2. The zero-order chi connectivity index (χ0) is 13.7. The minimum absolute atomic E-state index is 0.103. The summed E-state index contributed by atoms with van der Waals surface area (Å²) in [6.07, 6.45) is 1.28. The van der Waals surface area contributed by atoms with Crippen molar-refractivity contribution < 1.29 is 9.90 Å². The molecule has 0 aliphatic heterocycles. The minimum Gasteiger partial charge on any atom is -0.478 e. The van der Waals surface area contributed by atoms with Gasteiger partial charge in [0.25, 0.3) is 0 Å². The maximum absolute atomic E-state index is 11.2. The third-order valence-corrected chi connectivity index (χ3v) is 3.64. The number of carboxylic acid groups (broad SMARTS) is 1. The number of nitriles is 1. The predicted octanol–water partition coefficient (Wildman–Crippen LogP) is 2.44. The van der Waals surface area contributed by atoms with Crippen molar-refractivity contribution in [3.05, 3.63) is 17.1 Å². The van der Waals surface area contributed by atoms with E-state index >= 15 is 0 Å². The van der Waals surface area contributed by atoms with Crippen molar-refractivity contribution in [3.8, 4) is 6.07 Å². The maximum atomic E-state index is 11.2. The Labute approximate surface area is 110 Å². The van der Waals surface area contributed by atoms with Crippen LogP contribution in [0.5, 0.6) is 0 Å². The SMILES string of the molecule is CCc1nc(C)c(C(=O)O)c(SC(C#N)CC)n1. The van der Waals surface area contributed by atoms with Gasteiger partial charge >= 0.3 is 5.97 Å². The number of thioether (sulfide) groups is 1. The van der Waals surface area contributed by atoms with Crippen LogP contribution >= 0.6 is 11.8 Å². The Morgan fingerprint density at radius 1 is 1.50 bits per heavy atom. The first-order chi connectivity index (χ1) is 8.53. The van der Waals surface area contributed by atoms with Crippen LogP contribution in [0.1, 0.15) is 42.1 Å². The van der Waals surface area contributed by atoms with Gasteiger partial charge in [0.2, 0.25) is 0 Å². The molecule has 1 heterocycles. The first-order valence-electron chi connectivity index (χ1n) is 5.70. The molecule has 0 saturated carbocycles. The summed E-state index contributed by atoms with van der Waals surface area (Å²) in [5, 5.41) is 18.2. The summed E-state index contributed by atoms with van der Waals surface area (Å²) in [5.41, 5.74) is 0.551. The topological polar surface area (TPSA) is 86.9 Å². The summed E-state index contributed by atoms with van der Waals surface area (Å²) in [4.78, 5) is 19.6. The van der Waals surface area contributed by atoms with E-state index < -0.39 is 5.97 Å². The van der Waals surface area contributed by atoms with E-state index in [-0.39, 0.29) is 10.8 Å². The molecule has 0 aliphatic rings. The van der Waals surface area contributed by atoms with Crippen molar-refractivity contribution in [2.75, 3.05) is 0 Å². The molecule has 0 fully saturated rings. The predicted molar refractivity (Wildman–Crippen MR) is 68.7 cm³/mol. The van der Waals surface area contributed by atoms with Crippen molar-refractivity contribution in [2.24, 2.45) is 0 Å². The molecular weight excluding hydrogens is 250 g/mol. The van der Waals surface area contributed by atoms with Crippen LogP contribution in [0.15, 0.2) is 5.03 Å². The van der Waals surface area contributed by atoms with Gasteiger partial charge < -0.3 is 5.11 Å². The van der Waals surface area contributed by atoms with Crippen molar-refractivity contribution in [1.29, 1.82) is 5.26 Å². The number of hydrogen-bond donors (Lipinski definition) is 1. The third-order valence-electron chi connectivity index (χ3n) is 2.40. The third kappa shape index (κ3) is 3.20. The fraction of sp³-hybridized carbons (Fsp3) is 0.500. The average Bonchev–Trinajstić information content (AvgIpc) is 2.34. The first-order valence-corrected chi connectivity index (χ1v) is 6.58. The molecule has 18 heavy (non-hydrogen) atoms. The summed E-state index contributed by atoms with van der Waals surface area (Å²) in [7, 11) is 0. The van der Waals surface area contributed by atoms with E-state index in [1.165, 1.54) is 11.8 Å². The quantitative estimate of drug-likeness (QED) is 0.650. The second kappa shape index (κ2) is 6.36. The standard InChI is InChI=1S/C12H15N3O2S/c1-4-8(6-13)18-11-10(12(16)17)7(3)14-9(5-2)15-11/h8H,4-5H2,1-3H3,(H,16,17). The molecule has 0 aromatic carbocycles. The van der Waals surface area contributed by atoms with Gasteiger partial charge in [-0.05, 0) is 13.3 Å². The van der Waals surface area contributed by atoms with Crippen LogP contribution in [-0.4, -0.2) is 26.3 Å². The molecular formula is C12H15N3O2S. The van der Waals surface area contributed by atoms with Gasteiger partial charge in [-0.15, -0.1) is 0 Å². The van der Waals surface area contributed by atoms with Crippen molar-refractivity contribution >= 4 is 17.7 Å². The highest BCUT2D eigenvalue weighted by Gasteiger charge is 2.20. The number of nitrogens with zero attached hydrogens (tertiary/aromatic N) is 3. The second-order valence-electron chi connectivity index (χ2n) is 3.71. The molecule has 5 nitrogen and oxygen atoms in total. The summed E-state index contributed by atoms with van der Waals surface area (Å²) in [5.74, 6) is -0.446. The van der Waals surface area contributed by atoms with Gasteiger partial charge in [0.1, 0.15) is 16.4 Å². The molecule has 1 rings (SSSR count). The lowest BCUT2D eigenvalue weighted by Crippen LogP contribution is -2.11. The smallest absolute Gasteiger partial charge is 0.340 e. The van der Waals surface area contributed by atoms with E-state index in [0.29, 0.717) is 29.4 Å². The number of hydrogen-bond acceptors (Lipinski definition) is 5. The lowest BCUT2D eigenvalue weighted by molar-refractivity contribution is 0.0690. The van der Waals surface area contributed by atoms with E-state index in [4.69, 9.17) is 5.26 Å². The molecule has 0 spiro atoms. The Morgan fingerprint density at radius 3 is 2.61 bits per heavy atom. The molecule has 6 heteroatoms. The lowest BCUT2D eigenvalue weighted by Gasteiger charge is -2.11. The van der Waals surface area contributed by atoms with Crippen molar-refractivity contribution in [1.82, 2.24) is 9.97 Å². The van der Waals surface area contributed by atoms with Crippen LogP contribution in [0.2, 0.25) is 0 Å². The fourth-order valence-electron chi connectivity index (χ4n) is 1.43. The molecule has 1 atom stereocenters. The van der Waals surface area contributed by atoms with Crippen molar-refractivity contribution in [2.45, 2.75) is 43.9 Å². The van der Waals surface area contributed by atoms with E-state index in [9.17, 15) is 9.90 Å². The Balaban J connectivity index is 3.26. The highest BCUT2D eigenvalue weighted by atomic mass is 32.2. The molecule has 0 aliphatic carbocycles. The van der Waals surface area contributed by atoms with Crippen LogP contribution in [0, 0.1) is 18.3 Å². The Kier molecular flexibility index (Phi) is 5.10. The van der Waals surface area contributed by atoms with Crippen LogP contribution in [0.3, 0.4) is 0 Å². The summed E-state index contributed by atoms with van der Waals surface area (Å²) in [6, 6.07) is 2.13. The molecule has 96 valence electrons. The normalized spacial score (nSPS) is 11.9. The molecule has 1 unspecified atom stereocenters. The average molecular weight is 265 g/mol. The largest absolute Gasteiger partial charge is 0.478 e. The Morgan fingerprint density at radius 2 is 2.17 bits per heavy atom. The van der Waals surface area contributed by atoms with E-state index in [1.54, 1.807) is 6.92 Å². The van der Waals surface area contributed by atoms with Crippen LogP contribution < -0.4 is 0 Å². The van der Waals surface area contributed by atoms with Gasteiger partial charge in [-0.2, -0.15) is 5.26 Å². The summed E-state index contributed by atoms with van der Waals surface area (Å²) < 4.78 is 0. The van der Waals surface area contributed by atoms with Crippen molar-refractivity contribution in [3.63, 3.8) is 0 Å². The van der Waals surface area contributed by atoms with Gasteiger partial charge in [0, 0.05) is 6.42 Å². The summed E-state index contributed by atoms with van der Waals surface area (Å²) >= 11 is 1.19.